The maximum absolute atomic E-state index is 8.84. The Balaban J connectivity index is 1.45. The van der Waals surface area contributed by atoms with Gasteiger partial charge in [-0.05, 0) is 53.6 Å². The zero-order chi connectivity index (χ0) is 19.3. The van der Waals surface area contributed by atoms with Crippen molar-refractivity contribution in [3.8, 4) is 6.07 Å². The summed E-state index contributed by atoms with van der Waals surface area (Å²) >= 11 is 0. The van der Waals surface area contributed by atoms with Gasteiger partial charge in [0.05, 0.1) is 22.9 Å². The van der Waals surface area contributed by atoms with E-state index in [1.165, 1.54) is 0 Å². The van der Waals surface area contributed by atoms with Crippen LogP contribution in [0, 0.1) is 16.7 Å². The van der Waals surface area contributed by atoms with E-state index in [0.717, 1.165) is 27.9 Å². The lowest BCUT2D eigenvalue weighted by molar-refractivity contribution is 0.973. The minimum absolute atomic E-state index is 0.331. The van der Waals surface area contributed by atoms with E-state index in [4.69, 9.17) is 10.7 Å². The van der Waals surface area contributed by atoms with Crippen molar-refractivity contribution in [2.24, 2.45) is 0 Å². The molecule has 4 aromatic rings. The average Bonchev–Trinajstić information content (AvgIpc) is 3.19. The van der Waals surface area contributed by atoms with Crippen LogP contribution >= 0.6 is 0 Å². The van der Waals surface area contributed by atoms with Gasteiger partial charge in [-0.25, -0.2) is 4.98 Å². The molecule has 0 bridgehead atoms. The third-order valence-corrected chi connectivity index (χ3v) is 4.31. The Morgan fingerprint density at radius 3 is 2.82 bits per heavy atom. The first-order valence-corrected chi connectivity index (χ1v) is 8.73. The van der Waals surface area contributed by atoms with Gasteiger partial charge in [0.2, 0.25) is 0 Å². The fourth-order valence-corrected chi connectivity index (χ4v) is 2.87. The summed E-state index contributed by atoms with van der Waals surface area (Å²) < 4.78 is 0. The van der Waals surface area contributed by atoms with E-state index < -0.39 is 0 Å². The van der Waals surface area contributed by atoms with Crippen molar-refractivity contribution in [1.82, 2.24) is 20.2 Å². The molecule has 2 heterocycles. The smallest absolute Gasteiger partial charge is 0.173 e. The first-order chi connectivity index (χ1) is 13.7. The highest BCUT2D eigenvalue weighted by Crippen LogP contribution is 2.15. The second kappa shape index (κ2) is 7.64. The highest BCUT2D eigenvalue weighted by Gasteiger charge is 2.04. The summed E-state index contributed by atoms with van der Waals surface area (Å²) in [5.74, 6) is 1.28. The largest absolute Gasteiger partial charge is 0.300 e. The number of aromatic amines is 1. The number of benzene rings is 2. The lowest BCUT2D eigenvalue weighted by atomic mass is 10.1. The van der Waals surface area contributed by atoms with E-state index in [-0.39, 0.29) is 0 Å². The van der Waals surface area contributed by atoms with E-state index in [9.17, 15) is 0 Å². The second-order valence-electron chi connectivity index (χ2n) is 6.28. The molecule has 0 aliphatic carbocycles. The third-order valence-electron chi connectivity index (χ3n) is 4.31. The molecule has 6 nitrogen and oxygen atoms in total. The summed E-state index contributed by atoms with van der Waals surface area (Å²) in [5.41, 5.74) is 3.73. The molecule has 2 aromatic carbocycles. The Morgan fingerprint density at radius 1 is 1.14 bits per heavy atom. The molecular formula is C22H16N6. The van der Waals surface area contributed by atoms with Crippen molar-refractivity contribution in [1.29, 1.82) is 10.7 Å². The predicted octanol–water partition coefficient (Wildman–Crippen LogP) is 3.90. The van der Waals surface area contributed by atoms with Crippen LogP contribution < -0.4 is 0 Å². The van der Waals surface area contributed by atoms with E-state index >= 15 is 0 Å². The molecule has 0 amide bonds. The normalized spacial score (nSPS) is 11.0. The van der Waals surface area contributed by atoms with Gasteiger partial charge in [-0.15, -0.1) is 0 Å². The van der Waals surface area contributed by atoms with Gasteiger partial charge >= 0.3 is 0 Å². The molecule has 28 heavy (non-hydrogen) atoms. The Hall–Kier alpha value is -4.11. The van der Waals surface area contributed by atoms with Crippen LogP contribution in [0.25, 0.3) is 17.0 Å². The summed E-state index contributed by atoms with van der Waals surface area (Å²) in [6.45, 7) is 0. The number of pyridine rings is 1. The van der Waals surface area contributed by atoms with Gasteiger partial charge in [-0.3, -0.25) is 10.1 Å². The van der Waals surface area contributed by atoms with Crippen LogP contribution in [0.15, 0.2) is 66.9 Å². The first kappa shape index (κ1) is 17.3. The number of fused-ring (bicyclic) bond motifs is 1. The van der Waals surface area contributed by atoms with Crippen LogP contribution in [0.1, 0.15) is 28.3 Å². The first-order valence-electron chi connectivity index (χ1n) is 8.73. The Bertz CT molecular complexity index is 1210. The quantitative estimate of drug-likeness (QED) is 0.524. The minimum Gasteiger partial charge on any atom is -0.300 e. The SMILES string of the molecule is N#Cc1ccc(C(=N)/C=C\c2n[nH]c(Cc3ccc4ncccc4c3)n2)cc1. The topological polar surface area (TPSA) is 102 Å². The minimum atomic E-state index is 0.331. The summed E-state index contributed by atoms with van der Waals surface area (Å²) in [6, 6.07) is 19.1. The second-order valence-corrected chi connectivity index (χ2v) is 6.28. The molecular weight excluding hydrogens is 348 g/mol. The third kappa shape index (κ3) is 3.84. The van der Waals surface area contributed by atoms with Crippen LogP contribution in [-0.2, 0) is 6.42 Å². The number of nitrogens with one attached hydrogen (secondary N) is 2. The Morgan fingerprint density at radius 2 is 2.00 bits per heavy atom. The molecule has 0 aliphatic heterocycles. The van der Waals surface area contributed by atoms with E-state index in [0.29, 0.717) is 23.5 Å². The fourth-order valence-electron chi connectivity index (χ4n) is 2.87. The molecule has 0 saturated carbocycles. The highest BCUT2D eigenvalue weighted by atomic mass is 15.2. The standard InChI is InChI=1S/C22H16N6/c23-14-15-3-6-17(7-4-15)19(24)8-10-21-26-22(28-27-21)13-16-5-9-20-18(12-16)2-1-11-25-20/h1-12,24H,13H2,(H,26,27,28)/b10-8-,24-19?. The fraction of sp³-hybridized carbons (Fsp3) is 0.0455. The number of rotatable bonds is 5. The molecule has 0 unspecified atom stereocenters. The van der Waals surface area contributed by atoms with Crippen LogP contribution in [0.5, 0.6) is 0 Å². The van der Waals surface area contributed by atoms with Crippen LogP contribution in [0.3, 0.4) is 0 Å². The Kier molecular flexibility index (Phi) is 4.72. The molecule has 4 rings (SSSR count). The van der Waals surface area contributed by atoms with Gasteiger partial charge < -0.3 is 5.41 Å². The Labute approximate surface area is 161 Å². The molecule has 2 aromatic heterocycles. The molecule has 0 spiro atoms. The molecule has 0 atom stereocenters. The molecule has 2 N–H and O–H groups in total. The van der Waals surface area contributed by atoms with E-state index in [1.54, 1.807) is 42.6 Å². The lowest BCUT2D eigenvalue weighted by Crippen LogP contribution is -1.94. The lowest BCUT2D eigenvalue weighted by Gasteiger charge is -2.01. The average molecular weight is 364 g/mol. The maximum atomic E-state index is 8.84. The number of nitriles is 1. The molecule has 0 saturated heterocycles. The van der Waals surface area contributed by atoms with Crippen molar-refractivity contribution < 1.29 is 0 Å². The van der Waals surface area contributed by atoms with Gasteiger partial charge in [-0.1, -0.05) is 24.3 Å². The molecule has 6 heteroatoms. The summed E-state index contributed by atoms with van der Waals surface area (Å²) in [6.07, 6.45) is 5.77. The van der Waals surface area contributed by atoms with Crippen molar-refractivity contribution in [3.63, 3.8) is 0 Å². The van der Waals surface area contributed by atoms with E-state index in [1.807, 2.05) is 24.3 Å². The number of H-pyrrole nitrogens is 1. The van der Waals surface area contributed by atoms with Crippen LogP contribution in [0.4, 0.5) is 0 Å². The van der Waals surface area contributed by atoms with Crippen LogP contribution in [-0.4, -0.2) is 25.9 Å². The van der Waals surface area contributed by atoms with Crippen molar-refractivity contribution in [2.75, 3.05) is 0 Å². The number of hydrogen-bond acceptors (Lipinski definition) is 5. The summed E-state index contributed by atoms with van der Waals surface area (Å²) in [7, 11) is 0. The summed E-state index contributed by atoms with van der Waals surface area (Å²) in [4.78, 5) is 8.80. The number of aromatic nitrogens is 4. The zero-order valence-electron chi connectivity index (χ0n) is 14.9. The highest BCUT2D eigenvalue weighted by molar-refractivity contribution is 6.08. The molecule has 0 aliphatic rings. The maximum Gasteiger partial charge on any atom is 0.173 e. The van der Waals surface area contributed by atoms with Crippen LogP contribution in [0.2, 0.25) is 0 Å². The van der Waals surface area contributed by atoms with Gasteiger partial charge in [0.15, 0.2) is 5.82 Å². The van der Waals surface area contributed by atoms with Gasteiger partial charge in [-0.2, -0.15) is 10.4 Å². The predicted molar refractivity (Wildman–Crippen MR) is 108 cm³/mol. The molecule has 0 fully saturated rings. The summed E-state index contributed by atoms with van der Waals surface area (Å²) in [5, 5.41) is 25.2. The van der Waals surface area contributed by atoms with Gasteiger partial charge in [0.1, 0.15) is 5.82 Å². The van der Waals surface area contributed by atoms with Crippen molar-refractivity contribution in [2.45, 2.75) is 6.42 Å². The number of hydrogen-bond donors (Lipinski definition) is 2. The molecule has 0 radical (unpaired) electrons. The van der Waals surface area contributed by atoms with Crippen molar-refractivity contribution in [3.05, 3.63) is 95.2 Å². The van der Waals surface area contributed by atoms with Gasteiger partial charge in [0.25, 0.3) is 0 Å². The monoisotopic (exact) mass is 364 g/mol. The molecule has 134 valence electrons. The van der Waals surface area contributed by atoms with Gasteiger partial charge in [0, 0.05) is 18.0 Å². The van der Waals surface area contributed by atoms with Crippen molar-refractivity contribution >= 4 is 22.7 Å². The van der Waals surface area contributed by atoms with E-state index in [2.05, 4.69) is 32.3 Å². The number of allylic oxidation sites excluding steroid dienone is 1. The number of nitrogens with zero attached hydrogens (tertiary/aromatic N) is 4. The zero-order valence-corrected chi connectivity index (χ0v) is 14.9.